The molecule has 0 unspecified atom stereocenters. The number of carboxylic acid groups (broad SMARTS) is 1. The molecule has 0 aliphatic carbocycles. The molecule has 2 aromatic carbocycles. The summed E-state index contributed by atoms with van der Waals surface area (Å²) in [5.74, 6) is 4.51. The van der Waals surface area contributed by atoms with Crippen LogP contribution < -0.4 is 10.5 Å². The monoisotopic (exact) mass is 458 g/mol. The van der Waals surface area contributed by atoms with Crippen molar-refractivity contribution in [1.29, 1.82) is 0 Å². The van der Waals surface area contributed by atoms with Gasteiger partial charge in [-0.05, 0) is 36.8 Å². The number of nitrogens with zero attached hydrogens (tertiary/aromatic N) is 2. The van der Waals surface area contributed by atoms with Gasteiger partial charge in [-0.2, -0.15) is 0 Å². The van der Waals surface area contributed by atoms with Crippen molar-refractivity contribution in [3.63, 3.8) is 0 Å². The Balaban J connectivity index is 1.72. The first kappa shape index (κ1) is 21.8. The highest BCUT2D eigenvalue weighted by Crippen LogP contribution is 2.27. The van der Waals surface area contributed by atoms with Crippen LogP contribution in [0, 0.1) is 18.8 Å². The summed E-state index contributed by atoms with van der Waals surface area (Å²) >= 11 is 0. The van der Waals surface area contributed by atoms with Crippen molar-refractivity contribution in [2.75, 3.05) is 10.5 Å². The summed E-state index contributed by atoms with van der Waals surface area (Å²) < 4.78 is 29.3. The number of hydrogen-bond acceptors (Lipinski definition) is 6. The van der Waals surface area contributed by atoms with E-state index in [0.29, 0.717) is 33.3 Å². The molecule has 2 aromatic heterocycles. The number of aromatic carboxylic acids is 1. The Bertz CT molecular complexity index is 1570. The molecule has 4 N–H and O–H groups in total. The minimum atomic E-state index is -3.98. The molecule has 4 rings (SSSR count). The maximum absolute atomic E-state index is 13.3. The first-order valence-electron chi connectivity index (χ1n) is 9.73. The Labute approximate surface area is 190 Å². The third-order valence-corrected chi connectivity index (χ3v) is 6.37. The predicted molar refractivity (Wildman–Crippen MR) is 125 cm³/mol. The maximum atomic E-state index is 13.3. The molecule has 0 aliphatic rings. The van der Waals surface area contributed by atoms with E-state index >= 15 is 0 Å². The van der Waals surface area contributed by atoms with Crippen LogP contribution in [0.1, 0.15) is 27.2 Å². The van der Waals surface area contributed by atoms with Gasteiger partial charge in [0, 0.05) is 28.9 Å². The summed E-state index contributed by atoms with van der Waals surface area (Å²) in [6.07, 6.45) is 2.85. The smallest absolute Gasteiger partial charge is 0.356 e. The zero-order valence-corrected chi connectivity index (χ0v) is 18.2. The van der Waals surface area contributed by atoms with Crippen LogP contribution in [0.15, 0.2) is 71.9 Å². The Kier molecular flexibility index (Phi) is 5.69. The lowest BCUT2D eigenvalue weighted by Crippen LogP contribution is -2.16. The van der Waals surface area contributed by atoms with Gasteiger partial charge < -0.3 is 10.8 Å². The van der Waals surface area contributed by atoms with Crippen molar-refractivity contribution in [2.24, 2.45) is 0 Å². The summed E-state index contributed by atoms with van der Waals surface area (Å²) in [6, 6.07) is 15.2. The molecule has 0 spiro atoms. The number of aromatic nitrogens is 2. The second kappa shape index (κ2) is 8.61. The maximum Gasteiger partial charge on any atom is 0.356 e. The number of sulfonamides is 1. The quantitative estimate of drug-likeness (QED) is 0.399. The standard InChI is InChI=1S/C24H18N4O4S/c1-15-8-10-18-6-4-12-26-21(18)23(15)33(31,32)28-20-7-3-2-5-17(20)11-9-16-13-19(25)22(24(29)30)27-14-16/h2-8,10,12-14,28H,25H2,1H3,(H,29,30). The van der Waals surface area contributed by atoms with E-state index < -0.39 is 16.0 Å². The number of nitrogens with two attached hydrogens (primary N) is 1. The van der Waals surface area contributed by atoms with E-state index in [4.69, 9.17) is 10.8 Å². The molecule has 33 heavy (non-hydrogen) atoms. The second-order valence-corrected chi connectivity index (χ2v) is 8.77. The highest BCUT2D eigenvalue weighted by atomic mass is 32.2. The number of para-hydroxylation sites is 1. The van der Waals surface area contributed by atoms with Gasteiger partial charge in [0.05, 0.1) is 16.9 Å². The van der Waals surface area contributed by atoms with Crippen molar-refractivity contribution in [3.05, 3.63) is 89.4 Å². The molecule has 0 bridgehead atoms. The molecule has 2 heterocycles. The molecule has 0 fully saturated rings. The van der Waals surface area contributed by atoms with Crippen molar-refractivity contribution in [3.8, 4) is 11.8 Å². The van der Waals surface area contributed by atoms with Crippen molar-refractivity contribution < 1.29 is 18.3 Å². The number of aryl methyl sites for hydroxylation is 1. The van der Waals surface area contributed by atoms with E-state index in [-0.39, 0.29) is 16.3 Å². The van der Waals surface area contributed by atoms with Crippen LogP contribution in [0.25, 0.3) is 10.9 Å². The number of nitrogen functional groups attached to an aromatic ring is 1. The minimum absolute atomic E-state index is 0.0118. The number of anilines is 2. The average Bonchev–Trinajstić information content (AvgIpc) is 2.77. The van der Waals surface area contributed by atoms with Gasteiger partial charge in [-0.1, -0.05) is 42.2 Å². The third kappa shape index (κ3) is 4.46. The number of nitrogens with one attached hydrogen (secondary N) is 1. The lowest BCUT2D eigenvalue weighted by molar-refractivity contribution is 0.0691. The Morgan fingerprint density at radius 3 is 2.61 bits per heavy atom. The fraction of sp³-hybridized carbons (Fsp3) is 0.0417. The van der Waals surface area contributed by atoms with Crippen LogP contribution in [0.4, 0.5) is 11.4 Å². The molecule has 0 saturated carbocycles. The molecule has 0 saturated heterocycles. The largest absolute Gasteiger partial charge is 0.476 e. The lowest BCUT2D eigenvalue weighted by atomic mass is 10.1. The van der Waals surface area contributed by atoms with Gasteiger partial charge in [-0.15, -0.1) is 0 Å². The molecule has 9 heteroatoms. The van der Waals surface area contributed by atoms with Gasteiger partial charge >= 0.3 is 5.97 Å². The van der Waals surface area contributed by atoms with Crippen LogP contribution in [0.3, 0.4) is 0 Å². The summed E-state index contributed by atoms with van der Waals surface area (Å²) in [5.41, 5.74) is 7.51. The minimum Gasteiger partial charge on any atom is -0.476 e. The Hall–Kier alpha value is -4.42. The van der Waals surface area contributed by atoms with Gasteiger partial charge in [0.15, 0.2) is 5.69 Å². The molecule has 0 radical (unpaired) electrons. The van der Waals surface area contributed by atoms with Gasteiger partial charge in [-0.3, -0.25) is 9.71 Å². The van der Waals surface area contributed by atoms with Gasteiger partial charge in [0.2, 0.25) is 0 Å². The Morgan fingerprint density at radius 2 is 1.85 bits per heavy atom. The van der Waals surface area contributed by atoms with Crippen LogP contribution >= 0.6 is 0 Å². The number of hydrogen-bond donors (Lipinski definition) is 3. The normalized spacial score (nSPS) is 10.9. The van der Waals surface area contributed by atoms with Crippen LogP contribution in [-0.2, 0) is 10.0 Å². The summed E-state index contributed by atoms with van der Waals surface area (Å²) in [4.78, 5) is 19.2. The van der Waals surface area contributed by atoms with Crippen molar-refractivity contribution in [2.45, 2.75) is 11.8 Å². The number of carbonyl (C=O) groups is 1. The summed E-state index contributed by atoms with van der Waals surface area (Å²) in [7, 11) is -3.98. The topological polar surface area (TPSA) is 135 Å². The molecular weight excluding hydrogens is 440 g/mol. The van der Waals surface area contributed by atoms with E-state index in [9.17, 15) is 13.2 Å². The van der Waals surface area contributed by atoms with Gasteiger partial charge in [0.1, 0.15) is 4.90 Å². The van der Waals surface area contributed by atoms with E-state index in [1.165, 1.54) is 12.3 Å². The predicted octanol–water partition coefficient (Wildman–Crippen LogP) is 3.42. The van der Waals surface area contributed by atoms with Crippen molar-refractivity contribution in [1.82, 2.24) is 9.97 Å². The van der Waals surface area contributed by atoms with E-state index in [2.05, 4.69) is 26.5 Å². The highest BCUT2D eigenvalue weighted by Gasteiger charge is 2.22. The molecular formula is C24H18N4O4S. The zero-order valence-electron chi connectivity index (χ0n) is 17.4. The number of carboxylic acids is 1. The van der Waals surface area contributed by atoms with Gasteiger partial charge in [0.25, 0.3) is 10.0 Å². The first-order chi connectivity index (χ1) is 15.8. The zero-order chi connectivity index (χ0) is 23.6. The number of fused-ring (bicyclic) bond motifs is 1. The van der Waals surface area contributed by atoms with Gasteiger partial charge in [-0.25, -0.2) is 18.2 Å². The fourth-order valence-electron chi connectivity index (χ4n) is 3.30. The van der Waals surface area contributed by atoms with Crippen LogP contribution in [-0.4, -0.2) is 29.5 Å². The Morgan fingerprint density at radius 1 is 1.06 bits per heavy atom. The first-order valence-corrected chi connectivity index (χ1v) is 11.2. The lowest BCUT2D eigenvalue weighted by Gasteiger charge is -2.13. The summed E-state index contributed by atoms with van der Waals surface area (Å²) in [5, 5.41) is 9.75. The molecule has 164 valence electrons. The summed E-state index contributed by atoms with van der Waals surface area (Å²) in [6.45, 7) is 1.71. The molecule has 0 aliphatic heterocycles. The van der Waals surface area contributed by atoms with E-state index in [0.717, 1.165) is 0 Å². The van der Waals surface area contributed by atoms with Crippen LogP contribution in [0.5, 0.6) is 0 Å². The SMILES string of the molecule is Cc1ccc2cccnc2c1S(=O)(=O)Nc1ccccc1C#Cc1cnc(C(=O)O)c(N)c1. The number of pyridine rings is 2. The second-order valence-electron chi connectivity index (χ2n) is 7.15. The molecule has 0 amide bonds. The van der Waals surface area contributed by atoms with E-state index in [1.807, 2.05) is 6.07 Å². The molecule has 0 atom stereocenters. The molecule has 4 aromatic rings. The van der Waals surface area contributed by atoms with Crippen molar-refractivity contribution >= 4 is 38.3 Å². The number of rotatable bonds is 4. The number of benzene rings is 2. The van der Waals surface area contributed by atoms with Crippen LogP contribution in [0.2, 0.25) is 0 Å². The molecule has 8 nitrogen and oxygen atoms in total. The van der Waals surface area contributed by atoms with E-state index in [1.54, 1.807) is 55.6 Å². The highest BCUT2D eigenvalue weighted by molar-refractivity contribution is 7.93. The average molecular weight is 458 g/mol. The fourth-order valence-corrected chi connectivity index (χ4v) is 4.79. The third-order valence-electron chi connectivity index (χ3n) is 4.83.